The smallest absolute Gasteiger partial charge is 0.302 e. The van der Waals surface area contributed by atoms with Crippen molar-refractivity contribution in [1.29, 1.82) is 0 Å². The molecule has 21 heavy (non-hydrogen) atoms. The number of ether oxygens (including phenoxy) is 6. The van der Waals surface area contributed by atoms with Gasteiger partial charge >= 0.3 is 5.97 Å². The maximum absolute atomic E-state index is 10.9. The van der Waals surface area contributed by atoms with Crippen LogP contribution in [0.1, 0.15) is 6.92 Å². The standard InChI is InChI=1S/C13H24O8/c1-7(14)20-6-8(16-2)9-10(17-3)11(18-4)12(19-5)13(15)21-9/h8-13,15H,6H2,1-5H3/t8-,9+,10+,11-,12-,13+/m0/s1. The minimum absolute atomic E-state index is 0.0167. The van der Waals surface area contributed by atoms with Crippen molar-refractivity contribution in [2.75, 3.05) is 35.0 Å². The average molecular weight is 308 g/mol. The van der Waals surface area contributed by atoms with Crippen LogP contribution in [0.3, 0.4) is 0 Å². The number of hydrogen-bond acceptors (Lipinski definition) is 8. The highest BCUT2D eigenvalue weighted by molar-refractivity contribution is 5.65. The summed E-state index contributed by atoms with van der Waals surface area (Å²) in [6, 6.07) is 0. The summed E-state index contributed by atoms with van der Waals surface area (Å²) in [4.78, 5) is 10.9. The number of carbonyl (C=O) groups excluding carboxylic acids is 1. The van der Waals surface area contributed by atoms with Crippen molar-refractivity contribution in [3.8, 4) is 0 Å². The van der Waals surface area contributed by atoms with Gasteiger partial charge in [-0.3, -0.25) is 4.79 Å². The van der Waals surface area contributed by atoms with E-state index < -0.39 is 42.8 Å². The van der Waals surface area contributed by atoms with Crippen molar-refractivity contribution in [1.82, 2.24) is 0 Å². The number of aliphatic hydroxyl groups excluding tert-OH is 1. The molecule has 6 atom stereocenters. The van der Waals surface area contributed by atoms with Gasteiger partial charge in [0.05, 0.1) is 0 Å². The molecule has 8 heteroatoms. The maximum atomic E-state index is 10.9. The predicted octanol–water partition coefficient (Wildman–Crippen LogP) is -0.673. The van der Waals surface area contributed by atoms with Gasteiger partial charge in [-0.05, 0) is 0 Å². The van der Waals surface area contributed by atoms with Gasteiger partial charge in [-0.25, -0.2) is 0 Å². The van der Waals surface area contributed by atoms with Crippen molar-refractivity contribution in [3.63, 3.8) is 0 Å². The summed E-state index contributed by atoms with van der Waals surface area (Å²) in [5, 5.41) is 10.0. The Labute approximate surface area is 124 Å². The molecule has 0 saturated carbocycles. The molecule has 0 bridgehead atoms. The van der Waals surface area contributed by atoms with Crippen LogP contribution in [0.25, 0.3) is 0 Å². The van der Waals surface area contributed by atoms with Crippen LogP contribution < -0.4 is 0 Å². The third-order valence-corrected chi connectivity index (χ3v) is 3.49. The molecule has 8 nitrogen and oxygen atoms in total. The molecule has 1 N–H and O–H groups in total. The van der Waals surface area contributed by atoms with Gasteiger partial charge in [-0.1, -0.05) is 0 Å². The third kappa shape index (κ3) is 4.35. The number of hydrogen-bond donors (Lipinski definition) is 1. The molecule has 1 heterocycles. The van der Waals surface area contributed by atoms with E-state index in [0.29, 0.717) is 0 Å². The summed E-state index contributed by atoms with van der Waals surface area (Å²) in [5.74, 6) is -0.430. The number of carbonyl (C=O) groups is 1. The topological polar surface area (TPSA) is 92.7 Å². The summed E-state index contributed by atoms with van der Waals surface area (Å²) in [6.45, 7) is 1.28. The molecule has 0 unspecified atom stereocenters. The summed E-state index contributed by atoms with van der Waals surface area (Å²) in [7, 11) is 5.89. The van der Waals surface area contributed by atoms with Gasteiger partial charge in [0.25, 0.3) is 0 Å². The molecule has 0 aromatic carbocycles. The minimum Gasteiger partial charge on any atom is -0.463 e. The van der Waals surface area contributed by atoms with Crippen LogP contribution in [0.4, 0.5) is 0 Å². The molecule has 124 valence electrons. The highest BCUT2D eigenvalue weighted by Gasteiger charge is 2.49. The number of methoxy groups -OCH3 is 4. The lowest BCUT2D eigenvalue weighted by Crippen LogP contribution is -2.63. The zero-order valence-electron chi connectivity index (χ0n) is 13.0. The number of aliphatic hydroxyl groups is 1. The second kappa shape index (κ2) is 8.62. The quantitative estimate of drug-likeness (QED) is 0.619. The molecular formula is C13H24O8. The summed E-state index contributed by atoms with van der Waals surface area (Å²) in [6.07, 6.45) is -4.28. The maximum Gasteiger partial charge on any atom is 0.302 e. The zero-order valence-corrected chi connectivity index (χ0v) is 13.0. The lowest BCUT2D eigenvalue weighted by atomic mass is 9.95. The van der Waals surface area contributed by atoms with E-state index in [1.165, 1.54) is 35.4 Å². The van der Waals surface area contributed by atoms with Crippen molar-refractivity contribution in [3.05, 3.63) is 0 Å². The first-order valence-electron chi connectivity index (χ1n) is 6.58. The molecule has 1 rings (SSSR count). The summed E-state index contributed by atoms with van der Waals surface area (Å²) >= 11 is 0. The van der Waals surface area contributed by atoms with Crippen molar-refractivity contribution in [2.45, 2.75) is 43.7 Å². The third-order valence-electron chi connectivity index (χ3n) is 3.49. The molecule has 0 radical (unpaired) electrons. The van der Waals surface area contributed by atoms with Gasteiger partial charge in [-0.2, -0.15) is 0 Å². The van der Waals surface area contributed by atoms with E-state index in [1.807, 2.05) is 0 Å². The fourth-order valence-electron chi connectivity index (χ4n) is 2.43. The van der Waals surface area contributed by atoms with Crippen LogP contribution in [-0.4, -0.2) is 82.9 Å². The Morgan fingerprint density at radius 1 is 1.10 bits per heavy atom. The van der Waals surface area contributed by atoms with Crippen LogP contribution in [-0.2, 0) is 33.2 Å². The Balaban J connectivity index is 2.89. The summed E-state index contributed by atoms with van der Waals surface area (Å²) < 4.78 is 31.7. The Hall–Kier alpha value is -0.770. The van der Waals surface area contributed by atoms with E-state index in [4.69, 9.17) is 28.4 Å². The van der Waals surface area contributed by atoms with E-state index in [-0.39, 0.29) is 6.61 Å². The van der Waals surface area contributed by atoms with E-state index in [0.717, 1.165) is 0 Å². The molecule has 0 aliphatic carbocycles. The highest BCUT2D eigenvalue weighted by Crippen LogP contribution is 2.28. The molecular weight excluding hydrogens is 284 g/mol. The SMILES string of the molecule is CO[C@H]1[C@H](OC)[C@@H]([C@H](COC(C)=O)OC)O[C@@H](O)[C@H]1OC. The Kier molecular flexibility index (Phi) is 7.50. The predicted molar refractivity (Wildman–Crippen MR) is 70.7 cm³/mol. The highest BCUT2D eigenvalue weighted by atomic mass is 16.7. The molecule has 0 aromatic heterocycles. The van der Waals surface area contributed by atoms with Crippen LogP contribution in [0.5, 0.6) is 0 Å². The second-order valence-corrected chi connectivity index (χ2v) is 4.67. The Morgan fingerprint density at radius 2 is 1.67 bits per heavy atom. The van der Waals surface area contributed by atoms with Crippen LogP contribution >= 0.6 is 0 Å². The number of rotatable bonds is 7. The van der Waals surface area contributed by atoms with E-state index in [2.05, 4.69) is 0 Å². The van der Waals surface area contributed by atoms with Gasteiger partial charge in [0.15, 0.2) is 6.29 Å². The lowest BCUT2D eigenvalue weighted by molar-refractivity contribution is -0.312. The normalized spacial score (nSPS) is 34.5. The second-order valence-electron chi connectivity index (χ2n) is 4.67. The minimum atomic E-state index is -1.20. The van der Waals surface area contributed by atoms with Crippen LogP contribution in [0, 0.1) is 0 Å². The van der Waals surface area contributed by atoms with Gasteiger partial charge in [0, 0.05) is 35.4 Å². The first-order valence-corrected chi connectivity index (χ1v) is 6.58. The first kappa shape index (κ1) is 18.3. The van der Waals surface area contributed by atoms with Gasteiger partial charge in [0.1, 0.15) is 37.1 Å². The van der Waals surface area contributed by atoms with Gasteiger partial charge < -0.3 is 33.5 Å². The van der Waals surface area contributed by atoms with Crippen LogP contribution in [0.15, 0.2) is 0 Å². The van der Waals surface area contributed by atoms with E-state index in [1.54, 1.807) is 0 Å². The molecule has 1 saturated heterocycles. The van der Waals surface area contributed by atoms with Crippen LogP contribution in [0.2, 0.25) is 0 Å². The Bertz CT molecular complexity index is 323. The van der Waals surface area contributed by atoms with Crippen molar-refractivity contribution in [2.24, 2.45) is 0 Å². The average Bonchev–Trinajstić information content (AvgIpc) is 2.46. The molecule has 0 spiro atoms. The molecule has 1 aliphatic rings. The fraction of sp³-hybridized carbons (Fsp3) is 0.923. The monoisotopic (exact) mass is 308 g/mol. The van der Waals surface area contributed by atoms with E-state index >= 15 is 0 Å². The molecule has 1 fully saturated rings. The van der Waals surface area contributed by atoms with Gasteiger partial charge in [-0.15, -0.1) is 0 Å². The van der Waals surface area contributed by atoms with E-state index in [9.17, 15) is 9.90 Å². The lowest BCUT2D eigenvalue weighted by Gasteiger charge is -2.45. The summed E-state index contributed by atoms with van der Waals surface area (Å²) in [5.41, 5.74) is 0. The van der Waals surface area contributed by atoms with Crippen molar-refractivity contribution >= 4 is 5.97 Å². The largest absolute Gasteiger partial charge is 0.463 e. The zero-order chi connectivity index (χ0) is 16.0. The molecule has 0 amide bonds. The number of esters is 1. The Morgan fingerprint density at radius 3 is 2.10 bits per heavy atom. The van der Waals surface area contributed by atoms with Gasteiger partial charge in [0.2, 0.25) is 0 Å². The molecule has 0 aromatic rings. The fourth-order valence-corrected chi connectivity index (χ4v) is 2.43. The first-order chi connectivity index (χ1) is 9.99. The molecule has 1 aliphatic heterocycles. The van der Waals surface area contributed by atoms with Crippen molar-refractivity contribution < 1.29 is 38.3 Å².